The Bertz CT molecular complexity index is 164. The Labute approximate surface area is 66.3 Å². The number of halogens is 4. The van der Waals surface area contributed by atoms with E-state index in [4.69, 9.17) is 0 Å². The molecule has 0 aliphatic heterocycles. The van der Waals surface area contributed by atoms with E-state index in [1.54, 1.807) is 0 Å². The van der Waals surface area contributed by atoms with Crippen LogP contribution in [-0.2, 0) is 4.74 Å². The molecule has 0 rings (SSSR count). The SMILES string of the molecule is CC(C)(OC(=O)Cl)C(F)(F)F. The maximum Gasteiger partial charge on any atom is 0.427 e. The summed E-state index contributed by atoms with van der Waals surface area (Å²) in [5.74, 6) is 0. The first-order valence-corrected chi connectivity index (χ1v) is 3.00. The molecule has 0 fully saturated rings. The zero-order chi connectivity index (χ0) is 9.28. The maximum atomic E-state index is 11.9. The van der Waals surface area contributed by atoms with Crippen molar-refractivity contribution in [1.29, 1.82) is 0 Å². The predicted molar refractivity (Wildman–Crippen MR) is 32.5 cm³/mol. The molecule has 0 bridgehead atoms. The standard InChI is InChI=1S/C5H6ClF3O2/c1-4(2,5(7,8)9)11-3(6)10/h1-2H3. The van der Waals surface area contributed by atoms with E-state index >= 15 is 0 Å². The molecule has 0 aromatic heterocycles. The van der Waals surface area contributed by atoms with Crippen LogP contribution >= 0.6 is 11.6 Å². The molecule has 0 radical (unpaired) electrons. The molecule has 2 nitrogen and oxygen atoms in total. The lowest BCUT2D eigenvalue weighted by molar-refractivity contribution is -0.241. The fourth-order valence-corrected chi connectivity index (χ4v) is 0.451. The number of rotatable bonds is 1. The Morgan fingerprint density at radius 2 is 1.73 bits per heavy atom. The second kappa shape index (κ2) is 2.89. The average Bonchev–Trinajstić information content (AvgIpc) is 1.56. The molecule has 0 saturated heterocycles. The van der Waals surface area contributed by atoms with Crippen LogP contribution in [0.15, 0.2) is 0 Å². The van der Waals surface area contributed by atoms with Crippen LogP contribution < -0.4 is 0 Å². The summed E-state index contributed by atoms with van der Waals surface area (Å²) in [6, 6.07) is 0. The third-order valence-corrected chi connectivity index (χ3v) is 1.10. The van der Waals surface area contributed by atoms with E-state index in [0.717, 1.165) is 0 Å². The smallest absolute Gasteiger partial charge is 0.427 e. The molecule has 0 heterocycles. The lowest BCUT2D eigenvalue weighted by Crippen LogP contribution is -2.42. The van der Waals surface area contributed by atoms with Crippen LogP contribution in [0.5, 0.6) is 0 Å². The van der Waals surface area contributed by atoms with E-state index in [9.17, 15) is 18.0 Å². The molecule has 0 N–H and O–H groups in total. The number of hydrogen-bond donors (Lipinski definition) is 0. The van der Waals surface area contributed by atoms with Gasteiger partial charge in [-0.3, -0.25) is 0 Å². The zero-order valence-electron chi connectivity index (χ0n) is 5.83. The van der Waals surface area contributed by atoms with Crippen LogP contribution in [0.1, 0.15) is 13.8 Å². The summed E-state index contributed by atoms with van der Waals surface area (Å²) >= 11 is 4.61. The number of hydrogen-bond acceptors (Lipinski definition) is 2. The van der Waals surface area contributed by atoms with Crippen molar-refractivity contribution in [3.8, 4) is 0 Å². The van der Waals surface area contributed by atoms with E-state index in [1.165, 1.54) is 0 Å². The quantitative estimate of drug-likeness (QED) is 0.595. The highest BCUT2D eigenvalue weighted by Gasteiger charge is 2.50. The molecular formula is C5H6ClF3O2. The van der Waals surface area contributed by atoms with Gasteiger partial charge < -0.3 is 4.74 Å². The van der Waals surface area contributed by atoms with Gasteiger partial charge >= 0.3 is 11.6 Å². The van der Waals surface area contributed by atoms with Gasteiger partial charge in [0.05, 0.1) is 0 Å². The molecule has 6 heteroatoms. The Hall–Kier alpha value is -0.450. The largest absolute Gasteiger partial charge is 0.438 e. The second-order valence-corrected chi connectivity index (χ2v) is 2.66. The zero-order valence-corrected chi connectivity index (χ0v) is 6.58. The third kappa shape index (κ3) is 2.96. The number of carbonyl (C=O) groups excluding carboxylic acids is 1. The third-order valence-electron chi connectivity index (χ3n) is 1.02. The molecule has 11 heavy (non-hydrogen) atoms. The van der Waals surface area contributed by atoms with Crippen molar-refractivity contribution in [3.63, 3.8) is 0 Å². The average molecular weight is 191 g/mol. The van der Waals surface area contributed by atoms with Gasteiger partial charge in [-0.05, 0) is 13.8 Å². The first-order chi connectivity index (χ1) is 4.67. The van der Waals surface area contributed by atoms with Gasteiger partial charge in [0, 0.05) is 11.6 Å². The highest BCUT2D eigenvalue weighted by molar-refractivity contribution is 6.61. The summed E-state index contributed by atoms with van der Waals surface area (Å²) in [7, 11) is 0. The number of ether oxygens (including phenoxy) is 1. The van der Waals surface area contributed by atoms with Crippen molar-refractivity contribution in [3.05, 3.63) is 0 Å². The van der Waals surface area contributed by atoms with Gasteiger partial charge in [-0.1, -0.05) is 0 Å². The highest BCUT2D eigenvalue weighted by atomic mass is 35.5. The van der Waals surface area contributed by atoms with Crippen molar-refractivity contribution in [1.82, 2.24) is 0 Å². The molecule has 0 saturated carbocycles. The fraction of sp³-hybridized carbons (Fsp3) is 0.800. The normalized spacial score (nSPS) is 12.9. The predicted octanol–water partition coefficient (Wildman–Crippen LogP) is 2.70. The van der Waals surface area contributed by atoms with Gasteiger partial charge in [0.1, 0.15) is 0 Å². The fourth-order valence-electron chi connectivity index (χ4n) is 0.258. The van der Waals surface area contributed by atoms with E-state index in [0.29, 0.717) is 13.8 Å². The maximum absolute atomic E-state index is 11.9. The van der Waals surface area contributed by atoms with Gasteiger partial charge in [0.25, 0.3) is 0 Å². The van der Waals surface area contributed by atoms with Gasteiger partial charge in [-0.15, -0.1) is 0 Å². The summed E-state index contributed by atoms with van der Waals surface area (Å²) in [4.78, 5) is 9.95. The van der Waals surface area contributed by atoms with Gasteiger partial charge in [0.15, 0.2) is 0 Å². The minimum absolute atomic E-state index is 0.716. The summed E-state index contributed by atoms with van der Waals surface area (Å²) in [5.41, 5.74) is -3.99. The molecule has 66 valence electrons. The highest BCUT2D eigenvalue weighted by Crippen LogP contribution is 2.33. The van der Waals surface area contributed by atoms with Crippen molar-refractivity contribution in [2.45, 2.75) is 25.6 Å². The van der Waals surface area contributed by atoms with Crippen molar-refractivity contribution < 1.29 is 22.7 Å². The van der Waals surface area contributed by atoms with E-state index < -0.39 is 17.2 Å². The van der Waals surface area contributed by atoms with Crippen molar-refractivity contribution >= 4 is 17.0 Å². The minimum atomic E-state index is -4.60. The summed E-state index contributed by atoms with van der Waals surface area (Å²) in [6.45, 7) is 1.43. The number of carbonyl (C=O) groups is 1. The van der Waals surface area contributed by atoms with E-state index in [1.807, 2.05) is 0 Å². The molecule has 0 unspecified atom stereocenters. The Morgan fingerprint density at radius 3 is 1.82 bits per heavy atom. The second-order valence-electron chi connectivity index (χ2n) is 2.35. The molecule has 0 aromatic carbocycles. The van der Waals surface area contributed by atoms with Crippen LogP contribution in [0.3, 0.4) is 0 Å². The molecule has 0 atom stereocenters. The lowest BCUT2D eigenvalue weighted by atomic mass is 10.1. The minimum Gasteiger partial charge on any atom is -0.438 e. The van der Waals surface area contributed by atoms with Crippen LogP contribution in [0, 0.1) is 0 Å². The number of alkyl halides is 3. The topological polar surface area (TPSA) is 26.3 Å². The van der Waals surface area contributed by atoms with Crippen LogP contribution in [0.4, 0.5) is 18.0 Å². The van der Waals surface area contributed by atoms with Crippen molar-refractivity contribution in [2.24, 2.45) is 0 Å². The summed E-state index contributed by atoms with van der Waals surface area (Å²) in [5, 5.41) is 0. The molecule has 0 spiro atoms. The van der Waals surface area contributed by atoms with Gasteiger partial charge in [0.2, 0.25) is 5.60 Å². The van der Waals surface area contributed by atoms with Gasteiger partial charge in [-0.25, -0.2) is 4.79 Å². The first kappa shape index (κ1) is 10.6. The Balaban J connectivity index is 4.34. The van der Waals surface area contributed by atoms with Crippen LogP contribution in [0.2, 0.25) is 0 Å². The monoisotopic (exact) mass is 190 g/mol. The lowest BCUT2D eigenvalue weighted by Gasteiger charge is -2.25. The first-order valence-electron chi connectivity index (χ1n) is 2.62. The molecule has 0 aromatic rings. The molecule has 0 aliphatic rings. The summed E-state index contributed by atoms with van der Waals surface area (Å²) in [6.07, 6.45) is -4.60. The van der Waals surface area contributed by atoms with E-state index in [-0.39, 0.29) is 0 Å². The summed E-state index contributed by atoms with van der Waals surface area (Å²) < 4.78 is 39.4. The Morgan fingerprint density at radius 1 is 1.36 bits per heavy atom. The van der Waals surface area contributed by atoms with Crippen LogP contribution in [0.25, 0.3) is 0 Å². The van der Waals surface area contributed by atoms with Crippen LogP contribution in [-0.4, -0.2) is 17.2 Å². The van der Waals surface area contributed by atoms with Gasteiger partial charge in [-0.2, -0.15) is 13.2 Å². The van der Waals surface area contributed by atoms with Crippen molar-refractivity contribution in [2.75, 3.05) is 0 Å². The molecule has 0 amide bonds. The Kier molecular flexibility index (Phi) is 2.77. The molecular weight excluding hydrogens is 184 g/mol. The molecule has 0 aliphatic carbocycles. The van der Waals surface area contributed by atoms with E-state index in [2.05, 4.69) is 16.3 Å².